The van der Waals surface area contributed by atoms with E-state index in [9.17, 15) is 14.7 Å². The average Bonchev–Trinajstić information content (AvgIpc) is 2.93. The van der Waals surface area contributed by atoms with Crippen molar-refractivity contribution in [3.05, 3.63) is 114 Å². The molecule has 0 aromatic heterocycles. The van der Waals surface area contributed by atoms with E-state index in [1.807, 2.05) is 84.9 Å². The third-order valence-electron chi connectivity index (χ3n) is 7.28. The molecule has 0 heterocycles. The van der Waals surface area contributed by atoms with Crippen LogP contribution in [0.25, 0.3) is 11.1 Å². The van der Waals surface area contributed by atoms with Gasteiger partial charge in [-0.15, -0.1) is 0 Å². The van der Waals surface area contributed by atoms with E-state index in [1.165, 1.54) is 14.2 Å². The lowest BCUT2D eigenvalue weighted by atomic mass is 9.52. The number of carboxylic acid groups (broad SMARTS) is 1. The van der Waals surface area contributed by atoms with Crippen molar-refractivity contribution in [1.29, 1.82) is 0 Å². The smallest absolute Gasteiger partial charge is 0.315 e. The van der Waals surface area contributed by atoms with Crippen LogP contribution in [0.2, 0.25) is 0 Å². The molecule has 1 fully saturated rings. The molecule has 0 spiro atoms. The first-order valence-electron chi connectivity index (χ1n) is 12.4. The summed E-state index contributed by atoms with van der Waals surface area (Å²) in [6.45, 7) is 0. The maximum absolute atomic E-state index is 14.0. The molecule has 4 atom stereocenters. The highest BCUT2D eigenvalue weighted by Gasteiger charge is 2.60. The van der Waals surface area contributed by atoms with E-state index in [2.05, 4.69) is 0 Å². The van der Waals surface area contributed by atoms with Crippen LogP contribution in [0.3, 0.4) is 0 Å². The lowest BCUT2D eigenvalue weighted by molar-refractivity contribution is -0.158. The Hall–Kier alpha value is -4.58. The molecule has 2 unspecified atom stereocenters. The molecule has 0 aliphatic heterocycles. The summed E-state index contributed by atoms with van der Waals surface area (Å²) in [5.41, 5.74) is 3.01. The number of carbonyl (C=O) groups excluding carboxylic acids is 1. The van der Waals surface area contributed by atoms with E-state index in [-0.39, 0.29) is 0 Å². The van der Waals surface area contributed by atoms with Gasteiger partial charge in [0.05, 0.1) is 26.1 Å². The zero-order valence-electron chi connectivity index (χ0n) is 21.1. The molecule has 38 heavy (non-hydrogen) atoms. The van der Waals surface area contributed by atoms with Gasteiger partial charge in [0.25, 0.3) is 0 Å². The van der Waals surface area contributed by atoms with Crippen LogP contribution in [-0.4, -0.2) is 31.3 Å². The first kappa shape index (κ1) is 25.1. The van der Waals surface area contributed by atoms with Crippen LogP contribution in [0.15, 0.2) is 103 Å². The molecule has 0 saturated heterocycles. The predicted octanol–water partition coefficient (Wildman–Crippen LogP) is 6.17. The zero-order chi connectivity index (χ0) is 26.6. The van der Waals surface area contributed by atoms with Crippen molar-refractivity contribution >= 4 is 11.9 Å². The van der Waals surface area contributed by atoms with Crippen LogP contribution >= 0.6 is 0 Å². The van der Waals surface area contributed by atoms with Crippen molar-refractivity contribution in [3.63, 3.8) is 0 Å². The highest BCUT2D eigenvalue weighted by molar-refractivity contribution is 5.87. The Kier molecular flexibility index (Phi) is 7.13. The van der Waals surface area contributed by atoms with E-state index >= 15 is 0 Å². The lowest BCUT2D eigenvalue weighted by Gasteiger charge is -2.49. The summed E-state index contributed by atoms with van der Waals surface area (Å²) >= 11 is 0. The molecule has 1 aliphatic rings. The van der Waals surface area contributed by atoms with Gasteiger partial charge in [0.1, 0.15) is 17.2 Å². The molecule has 1 N–H and O–H groups in total. The monoisotopic (exact) mass is 508 g/mol. The minimum atomic E-state index is -0.995. The molecule has 1 aliphatic carbocycles. The summed E-state index contributed by atoms with van der Waals surface area (Å²) in [7, 11) is 3.07. The molecular weight excluding hydrogens is 480 g/mol. The van der Waals surface area contributed by atoms with Crippen molar-refractivity contribution < 1.29 is 28.9 Å². The predicted molar refractivity (Wildman–Crippen MR) is 144 cm³/mol. The summed E-state index contributed by atoms with van der Waals surface area (Å²) in [6, 6.07) is 31.5. The highest BCUT2D eigenvalue weighted by Crippen LogP contribution is 2.60. The molecule has 0 bridgehead atoms. The molecule has 1 saturated carbocycles. The Bertz CT molecular complexity index is 1390. The number of rotatable bonds is 8. The summed E-state index contributed by atoms with van der Waals surface area (Å²) in [4.78, 5) is 26.7. The van der Waals surface area contributed by atoms with Gasteiger partial charge in [0.15, 0.2) is 0 Å². The number of hydrogen-bond acceptors (Lipinski definition) is 5. The number of ether oxygens (including phenoxy) is 3. The Balaban J connectivity index is 1.60. The largest absolute Gasteiger partial charge is 0.496 e. The third-order valence-corrected chi connectivity index (χ3v) is 7.28. The molecule has 5 rings (SSSR count). The molecule has 192 valence electrons. The molecular formula is C32H28O6. The number of benzene rings is 4. The summed E-state index contributed by atoms with van der Waals surface area (Å²) in [6.07, 6.45) is 0. The number of para-hydroxylation sites is 3. The van der Waals surface area contributed by atoms with Gasteiger partial charge in [-0.25, -0.2) is 0 Å². The molecule has 6 nitrogen and oxygen atoms in total. The van der Waals surface area contributed by atoms with Crippen LogP contribution in [0, 0.1) is 11.8 Å². The molecule has 6 heteroatoms. The van der Waals surface area contributed by atoms with Crippen LogP contribution in [0.4, 0.5) is 0 Å². The van der Waals surface area contributed by atoms with E-state index in [0.717, 1.165) is 11.1 Å². The molecule has 0 radical (unpaired) electrons. The number of hydrogen-bond donors (Lipinski definition) is 1. The fourth-order valence-electron chi connectivity index (χ4n) is 5.59. The van der Waals surface area contributed by atoms with Gasteiger partial charge in [-0.05, 0) is 34.9 Å². The van der Waals surface area contributed by atoms with Crippen molar-refractivity contribution in [3.8, 4) is 28.4 Å². The topological polar surface area (TPSA) is 82.1 Å². The van der Waals surface area contributed by atoms with Crippen molar-refractivity contribution in [2.75, 3.05) is 14.2 Å². The Morgan fingerprint density at radius 3 is 1.61 bits per heavy atom. The van der Waals surface area contributed by atoms with Crippen LogP contribution in [0.1, 0.15) is 23.0 Å². The summed E-state index contributed by atoms with van der Waals surface area (Å²) < 4.78 is 17.2. The maximum atomic E-state index is 14.0. The third kappa shape index (κ3) is 4.50. The number of carboxylic acids is 1. The van der Waals surface area contributed by atoms with Crippen molar-refractivity contribution in [1.82, 2.24) is 0 Å². The second kappa shape index (κ2) is 10.8. The van der Waals surface area contributed by atoms with Gasteiger partial charge in [0, 0.05) is 17.4 Å². The molecule has 0 amide bonds. The van der Waals surface area contributed by atoms with Crippen molar-refractivity contribution in [2.45, 2.75) is 11.8 Å². The number of methoxy groups -OCH3 is 2. The fraction of sp³-hybridized carbons (Fsp3) is 0.188. The standard InChI is InChI=1S/C32H28O6/c1-36-24-17-9-7-15-22(24)27-29(31(33)34)28(23-16-8-10-18-25(23)37-2)30(27)32(35)38-26-19-11-6-14-21(26)20-12-4-3-5-13-20/h3-19,27-30H,1-2H3,(H,33,34)/t27-,28?,29+,30?/m0/s1. The van der Waals surface area contributed by atoms with Crippen molar-refractivity contribution in [2.24, 2.45) is 11.8 Å². The summed E-state index contributed by atoms with van der Waals surface area (Å²) in [5, 5.41) is 10.4. The SMILES string of the molecule is COc1ccccc1C1C(C(=O)Oc2ccccc2-c2ccccc2)[C@@H](c2ccccc2OC)[C@H]1C(=O)O. The summed E-state index contributed by atoms with van der Waals surface area (Å²) in [5.74, 6) is -3.00. The number of carbonyl (C=O) groups is 2. The van der Waals surface area contributed by atoms with Crippen LogP contribution in [0.5, 0.6) is 17.2 Å². The zero-order valence-corrected chi connectivity index (χ0v) is 21.1. The van der Waals surface area contributed by atoms with E-state index in [4.69, 9.17) is 14.2 Å². The lowest BCUT2D eigenvalue weighted by Crippen LogP contribution is -2.52. The van der Waals surface area contributed by atoms with Gasteiger partial charge in [-0.3, -0.25) is 9.59 Å². The van der Waals surface area contributed by atoms with Gasteiger partial charge in [-0.2, -0.15) is 0 Å². The Morgan fingerprint density at radius 1 is 0.605 bits per heavy atom. The van der Waals surface area contributed by atoms with Gasteiger partial charge >= 0.3 is 11.9 Å². The van der Waals surface area contributed by atoms with Crippen LogP contribution < -0.4 is 14.2 Å². The highest BCUT2D eigenvalue weighted by atomic mass is 16.5. The first-order valence-corrected chi connectivity index (χ1v) is 12.4. The Labute approximate surface area is 221 Å². The van der Waals surface area contributed by atoms with Gasteiger partial charge < -0.3 is 19.3 Å². The van der Waals surface area contributed by atoms with Crippen LogP contribution in [-0.2, 0) is 9.59 Å². The average molecular weight is 509 g/mol. The number of esters is 1. The van der Waals surface area contributed by atoms with Gasteiger partial charge in [0.2, 0.25) is 0 Å². The minimum Gasteiger partial charge on any atom is -0.496 e. The van der Waals surface area contributed by atoms with E-state index < -0.39 is 35.6 Å². The fourth-order valence-corrected chi connectivity index (χ4v) is 5.59. The van der Waals surface area contributed by atoms with E-state index in [0.29, 0.717) is 28.4 Å². The Morgan fingerprint density at radius 2 is 1.08 bits per heavy atom. The molecule has 4 aromatic carbocycles. The normalized spacial score (nSPS) is 20.2. The second-order valence-electron chi connectivity index (χ2n) is 9.21. The van der Waals surface area contributed by atoms with E-state index in [1.54, 1.807) is 18.2 Å². The number of aliphatic carboxylic acids is 1. The second-order valence-corrected chi connectivity index (χ2v) is 9.21. The maximum Gasteiger partial charge on any atom is 0.315 e. The van der Waals surface area contributed by atoms with Gasteiger partial charge in [-0.1, -0.05) is 84.9 Å². The minimum absolute atomic E-state index is 0.417. The first-order chi connectivity index (χ1) is 18.5. The molecule has 4 aromatic rings. The quantitative estimate of drug-likeness (QED) is 0.226.